The second-order valence-electron chi connectivity index (χ2n) is 5.16. The topological polar surface area (TPSA) is 85.5 Å². The number of hydrogen-bond acceptors (Lipinski definition) is 6. The molecule has 7 heteroatoms. The van der Waals surface area contributed by atoms with Gasteiger partial charge in [-0.1, -0.05) is 0 Å². The molecule has 0 saturated heterocycles. The summed E-state index contributed by atoms with van der Waals surface area (Å²) < 4.78 is 4.72. The maximum Gasteiger partial charge on any atom is 0.337 e. The van der Waals surface area contributed by atoms with Crippen molar-refractivity contribution < 1.29 is 14.3 Å². The third kappa shape index (κ3) is 4.14. The number of hydrogen-bond donors (Lipinski definition) is 1. The van der Waals surface area contributed by atoms with E-state index in [1.807, 2.05) is 12.3 Å². The lowest BCUT2D eigenvalue weighted by atomic mass is 10.0. The van der Waals surface area contributed by atoms with Crippen LogP contribution in [0.2, 0.25) is 0 Å². The van der Waals surface area contributed by atoms with E-state index in [0.717, 1.165) is 10.7 Å². The van der Waals surface area contributed by atoms with E-state index in [4.69, 9.17) is 10.5 Å². The highest BCUT2D eigenvalue weighted by Gasteiger charge is 2.17. The summed E-state index contributed by atoms with van der Waals surface area (Å²) >= 11 is 1.51. The molecule has 1 heterocycles. The smallest absolute Gasteiger partial charge is 0.337 e. The standard InChI is InChI=1S/C16H19N3O3S/c1-10-9-23-14(18-10)8-19(2)15(20)12-4-11(7-17)5-13(6-12)16(21)22-3/h4-6,9H,7-8,17H2,1-3H3. The van der Waals surface area contributed by atoms with Crippen LogP contribution in [0.1, 0.15) is 37.0 Å². The first-order valence-corrected chi connectivity index (χ1v) is 7.91. The van der Waals surface area contributed by atoms with Gasteiger partial charge in [-0.15, -0.1) is 11.3 Å². The van der Waals surface area contributed by atoms with Crippen molar-refractivity contribution in [2.45, 2.75) is 20.0 Å². The van der Waals surface area contributed by atoms with Gasteiger partial charge in [-0.25, -0.2) is 9.78 Å². The number of nitrogens with two attached hydrogens (primary N) is 1. The monoisotopic (exact) mass is 333 g/mol. The van der Waals surface area contributed by atoms with Crippen molar-refractivity contribution in [3.63, 3.8) is 0 Å². The predicted octanol–water partition coefficient (Wildman–Crippen LogP) is 1.97. The summed E-state index contributed by atoms with van der Waals surface area (Å²) in [6.07, 6.45) is 0. The summed E-state index contributed by atoms with van der Waals surface area (Å²) in [5, 5.41) is 2.81. The molecule has 0 spiro atoms. The van der Waals surface area contributed by atoms with Crippen molar-refractivity contribution in [3.05, 3.63) is 51.0 Å². The van der Waals surface area contributed by atoms with Crippen molar-refractivity contribution in [1.82, 2.24) is 9.88 Å². The summed E-state index contributed by atoms with van der Waals surface area (Å²) in [5.41, 5.74) is 8.01. The Morgan fingerprint density at radius 1 is 1.30 bits per heavy atom. The number of ether oxygens (including phenoxy) is 1. The van der Waals surface area contributed by atoms with Crippen LogP contribution in [0.25, 0.3) is 0 Å². The summed E-state index contributed by atoms with van der Waals surface area (Å²) in [5.74, 6) is -0.689. The third-order valence-electron chi connectivity index (χ3n) is 3.28. The summed E-state index contributed by atoms with van der Waals surface area (Å²) in [6.45, 7) is 2.56. The number of aryl methyl sites for hydroxylation is 1. The number of aromatic nitrogens is 1. The van der Waals surface area contributed by atoms with E-state index >= 15 is 0 Å². The summed E-state index contributed by atoms with van der Waals surface area (Å²) in [7, 11) is 3.00. The van der Waals surface area contributed by atoms with Crippen molar-refractivity contribution >= 4 is 23.2 Å². The first-order valence-electron chi connectivity index (χ1n) is 7.03. The lowest BCUT2D eigenvalue weighted by Gasteiger charge is -2.17. The van der Waals surface area contributed by atoms with Gasteiger partial charge < -0.3 is 15.4 Å². The van der Waals surface area contributed by atoms with Crippen molar-refractivity contribution in [2.24, 2.45) is 5.73 Å². The van der Waals surface area contributed by atoms with Crippen molar-refractivity contribution in [1.29, 1.82) is 0 Å². The molecule has 1 aromatic carbocycles. The van der Waals surface area contributed by atoms with Gasteiger partial charge in [-0.2, -0.15) is 0 Å². The first kappa shape index (κ1) is 17.1. The fourth-order valence-electron chi connectivity index (χ4n) is 2.14. The highest BCUT2D eigenvalue weighted by atomic mass is 32.1. The second kappa shape index (κ2) is 7.34. The summed E-state index contributed by atoms with van der Waals surface area (Å²) in [6, 6.07) is 4.85. The number of rotatable bonds is 5. The zero-order valence-electron chi connectivity index (χ0n) is 13.3. The summed E-state index contributed by atoms with van der Waals surface area (Å²) in [4.78, 5) is 30.2. The third-order valence-corrected chi connectivity index (χ3v) is 4.23. The van der Waals surface area contributed by atoms with E-state index in [1.165, 1.54) is 24.5 Å². The Kier molecular flexibility index (Phi) is 5.46. The lowest BCUT2D eigenvalue weighted by molar-refractivity contribution is 0.0600. The van der Waals surface area contributed by atoms with Crippen molar-refractivity contribution in [3.8, 4) is 0 Å². The average molecular weight is 333 g/mol. The maximum atomic E-state index is 12.6. The number of esters is 1. The van der Waals surface area contributed by atoms with Gasteiger partial charge in [0.2, 0.25) is 0 Å². The van der Waals surface area contributed by atoms with E-state index in [0.29, 0.717) is 23.2 Å². The quantitative estimate of drug-likeness (QED) is 0.846. The predicted molar refractivity (Wildman–Crippen MR) is 88.3 cm³/mol. The Hall–Kier alpha value is -2.25. The largest absolute Gasteiger partial charge is 0.465 e. The molecular weight excluding hydrogens is 314 g/mol. The molecule has 1 amide bonds. The number of thiazole rings is 1. The molecule has 0 bridgehead atoms. The molecule has 122 valence electrons. The molecule has 0 aliphatic rings. The van der Waals surface area contributed by atoms with E-state index in [1.54, 1.807) is 24.1 Å². The van der Waals surface area contributed by atoms with E-state index in [9.17, 15) is 9.59 Å². The van der Waals surface area contributed by atoms with Crippen LogP contribution in [-0.2, 0) is 17.8 Å². The van der Waals surface area contributed by atoms with Gasteiger partial charge in [0.05, 0.1) is 19.2 Å². The second-order valence-corrected chi connectivity index (χ2v) is 6.10. The molecule has 2 N–H and O–H groups in total. The zero-order valence-corrected chi connectivity index (χ0v) is 14.1. The number of benzene rings is 1. The average Bonchev–Trinajstić information content (AvgIpc) is 2.97. The molecule has 23 heavy (non-hydrogen) atoms. The first-order chi connectivity index (χ1) is 10.9. The van der Waals surface area contributed by atoms with Gasteiger partial charge in [0.25, 0.3) is 5.91 Å². The number of amides is 1. The molecule has 0 unspecified atom stereocenters. The molecule has 6 nitrogen and oxygen atoms in total. The Balaban J connectivity index is 2.25. The van der Waals surface area contributed by atoms with Crippen LogP contribution >= 0.6 is 11.3 Å². The molecule has 1 aromatic heterocycles. The number of methoxy groups -OCH3 is 1. The van der Waals surface area contributed by atoms with Crippen LogP contribution in [0.15, 0.2) is 23.6 Å². The maximum absolute atomic E-state index is 12.6. The van der Waals surface area contributed by atoms with Crippen molar-refractivity contribution in [2.75, 3.05) is 14.2 Å². The van der Waals surface area contributed by atoms with Gasteiger partial charge in [0, 0.05) is 30.2 Å². The minimum absolute atomic E-state index is 0.196. The fraction of sp³-hybridized carbons (Fsp3) is 0.312. The van der Waals surface area contributed by atoms with Crippen LogP contribution in [0.4, 0.5) is 0 Å². The Morgan fingerprint density at radius 2 is 2.00 bits per heavy atom. The Bertz CT molecular complexity index is 727. The number of carbonyl (C=O) groups excluding carboxylic acids is 2. The molecule has 0 atom stereocenters. The fourth-order valence-corrected chi connectivity index (χ4v) is 2.96. The van der Waals surface area contributed by atoms with Crippen LogP contribution in [-0.4, -0.2) is 35.9 Å². The van der Waals surface area contributed by atoms with Gasteiger partial charge in [0.1, 0.15) is 5.01 Å². The minimum Gasteiger partial charge on any atom is -0.465 e. The van der Waals surface area contributed by atoms with Gasteiger partial charge in [-0.05, 0) is 30.7 Å². The molecule has 0 aliphatic heterocycles. The van der Waals surface area contributed by atoms with E-state index in [-0.39, 0.29) is 12.5 Å². The number of nitrogens with zero attached hydrogens (tertiary/aromatic N) is 2. The normalized spacial score (nSPS) is 10.4. The van der Waals surface area contributed by atoms with Gasteiger partial charge in [-0.3, -0.25) is 4.79 Å². The molecule has 2 aromatic rings. The molecule has 2 rings (SSSR count). The van der Waals surface area contributed by atoms with Crippen LogP contribution in [0.5, 0.6) is 0 Å². The molecule has 0 saturated carbocycles. The molecule has 0 aliphatic carbocycles. The van der Waals surface area contributed by atoms with E-state index < -0.39 is 5.97 Å². The Labute approximate surface area is 138 Å². The highest BCUT2D eigenvalue weighted by Crippen LogP contribution is 2.16. The van der Waals surface area contributed by atoms with Crippen LogP contribution < -0.4 is 5.73 Å². The molecule has 0 fully saturated rings. The molecule has 0 radical (unpaired) electrons. The Morgan fingerprint density at radius 3 is 2.57 bits per heavy atom. The van der Waals surface area contributed by atoms with Gasteiger partial charge >= 0.3 is 5.97 Å². The zero-order chi connectivity index (χ0) is 17.0. The van der Waals surface area contributed by atoms with E-state index in [2.05, 4.69) is 4.98 Å². The number of carbonyl (C=O) groups is 2. The highest BCUT2D eigenvalue weighted by molar-refractivity contribution is 7.09. The lowest BCUT2D eigenvalue weighted by Crippen LogP contribution is -2.26. The SMILES string of the molecule is COC(=O)c1cc(CN)cc(C(=O)N(C)Cc2nc(C)cs2)c1. The minimum atomic E-state index is -0.493. The van der Waals surface area contributed by atoms with Gasteiger partial charge in [0.15, 0.2) is 0 Å². The van der Waals surface area contributed by atoms with Crippen LogP contribution in [0.3, 0.4) is 0 Å². The van der Waals surface area contributed by atoms with Crippen LogP contribution in [0, 0.1) is 6.92 Å². The molecular formula is C16H19N3O3S.